The molecule has 0 aromatic heterocycles. The van der Waals surface area contributed by atoms with Gasteiger partial charge < -0.3 is 4.90 Å². The summed E-state index contributed by atoms with van der Waals surface area (Å²) in [4.78, 5) is 26.3. The number of Topliss-reactive ketones (excluding diaryl/α,β-unsaturated/α-hetero) is 1. The maximum atomic E-state index is 13.1. The summed E-state index contributed by atoms with van der Waals surface area (Å²) in [5.41, 5.74) is 9.87. The predicted molar refractivity (Wildman–Crippen MR) is 97.2 cm³/mol. The first kappa shape index (κ1) is 15.2. The van der Waals surface area contributed by atoms with Crippen LogP contribution in [0.4, 0.5) is 11.4 Å². The molecular formula is C22H15NO2. The number of hydrogen-bond acceptors (Lipinski definition) is 3. The number of nitrogens with zero attached hydrogens (tertiary/aromatic N) is 1. The lowest BCUT2D eigenvalue weighted by molar-refractivity contribution is -0.116. The molecule has 1 unspecified atom stereocenters. The van der Waals surface area contributed by atoms with Gasteiger partial charge >= 0.3 is 0 Å². The Bertz CT molecular complexity index is 988. The van der Waals surface area contributed by atoms with E-state index < -0.39 is 0 Å². The van der Waals surface area contributed by atoms with Crippen LogP contribution in [0.25, 0.3) is 0 Å². The minimum Gasteiger partial charge on any atom is -0.330 e. The van der Waals surface area contributed by atoms with Crippen LogP contribution in [-0.4, -0.2) is 18.1 Å². The molecule has 1 aliphatic heterocycles. The fourth-order valence-electron chi connectivity index (χ4n) is 3.36. The van der Waals surface area contributed by atoms with Gasteiger partial charge in [-0.05, 0) is 54.1 Å². The van der Waals surface area contributed by atoms with E-state index in [2.05, 4.69) is 16.4 Å². The van der Waals surface area contributed by atoms with Crippen molar-refractivity contribution in [2.75, 3.05) is 4.90 Å². The number of allylic oxidation sites excluding steroid dienone is 3. The second-order valence-corrected chi connectivity index (χ2v) is 6.02. The van der Waals surface area contributed by atoms with Crippen molar-refractivity contribution in [3.05, 3.63) is 94.9 Å². The van der Waals surface area contributed by atoms with Gasteiger partial charge in [-0.3, -0.25) is 9.59 Å². The number of ketones is 1. The van der Waals surface area contributed by atoms with Gasteiger partial charge in [-0.1, -0.05) is 29.7 Å². The summed E-state index contributed by atoms with van der Waals surface area (Å²) in [5.74, 6) is 0.0398. The summed E-state index contributed by atoms with van der Waals surface area (Å²) in [7, 11) is 0. The SMILES string of the molecule is O=Cc1ccc2c(c1)CC(C(=O)C1=CC=C=C=C1)N2c1ccccc1. The first-order valence-electron chi connectivity index (χ1n) is 8.12. The van der Waals surface area contributed by atoms with Crippen LogP contribution >= 0.6 is 0 Å². The summed E-state index contributed by atoms with van der Waals surface area (Å²) >= 11 is 0. The summed E-state index contributed by atoms with van der Waals surface area (Å²) in [6.45, 7) is 0. The monoisotopic (exact) mass is 325 g/mol. The molecule has 0 saturated carbocycles. The van der Waals surface area contributed by atoms with Gasteiger partial charge in [0.1, 0.15) is 12.3 Å². The topological polar surface area (TPSA) is 37.4 Å². The molecule has 25 heavy (non-hydrogen) atoms. The standard InChI is InChI=1S/C22H15NO2/c24-15-16-11-12-20-18(13-16)14-21(22(25)17-7-3-1-4-8-17)23(20)19-9-5-2-6-10-19/h2-3,5-13,15,21H,14H2. The Labute approximate surface area is 145 Å². The lowest BCUT2D eigenvalue weighted by Crippen LogP contribution is -2.36. The normalized spacial score (nSPS) is 17.4. The minimum absolute atomic E-state index is 0.0398. The van der Waals surface area contributed by atoms with E-state index in [1.165, 1.54) is 0 Å². The fraction of sp³-hybridized carbons (Fsp3) is 0.0909. The quantitative estimate of drug-likeness (QED) is 0.631. The zero-order valence-electron chi connectivity index (χ0n) is 13.5. The first-order valence-corrected chi connectivity index (χ1v) is 8.12. The second-order valence-electron chi connectivity index (χ2n) is 6.02. The van der Waals surface area contributed by atoms with Crippen molar-refractivity contribution in [1.82, 2.24) is 0 Å². The van der Waals surface area contributed by atoms with E-state index in [0.29, 0.717) is 17.6 Å². The number of carbonyl (C=O) groups excluding carboxylic acids is 2. The Morgan fingerprint density at radius 1 is 1.12 bits per heavy atom. The number of anilines is 2. The third-order valence-corrected chi connectivity index (χ3v) is 4.50. The molecule has 0 N–H and O–H groups in total. The lowest BCUT2D eigenvalue weighted by Gasteiger charge is -2.27. The zero-order valence-corrected chi connectivity index (χ0v) is 13.5. The molecule has 3 nitrogen and oxygen atoms in total. The van der Waals surface area contributed by atoms with Crippen molar-refractivity contribution in [2.24, 2.45) is 0 Å². The predicted octanol–water partition coefficient (Wildman–Crippen LogP) is 3.94. The molecule has 3 heteroatoms. The van der Waals surface area contributed by atoms with Crippen molar-refractivity contribution in [3.8, 4) is 0 Å². The molecule has 2 aliphatic rings. The molecule has 0 fully saturated rings. The minimum atomic E-state index is -0.338. The van der Waals surface area contributed by atoms with E-state index in [9.17, 15) is 9.59 Å². The zero-order chi connectivity index (χ0) is 17.2. The van der Waals surface area contributed by atoms with E-state index in [4.69, 9.17) is 0 Å². The number of rotatable bonds is 4. The first-order chi connectivity index (χ1) is 12.3. The van der Waals surface area contributed by atoms with Crippen LogP contribution in [0.15, 0.2) is 83.8 Å². The number of benzene rings is 2. The highest BCUT2D eigenvalue weighted by molar-refractivity contribution is 6.06. The highest BCUT2D eigenvalue weighted by Crippen LogP contribution is 2.39. The molecule has 0 bridgehead atoms. The Balaban J connectivity index is 1.79. The van der Waals surface area contributed by atoms with Gasteiger partial charge in [0, 0.05) is 28.9 Å². The van der Waals surface area contributed by atoms with Crippen molar-refractivity contribution in [3.63, 3.8) is 0 Å². The molecule has 4 rings (SSSR count). The van der Waals surface area contributed by atoms with Crippen molar-refractivity contribution < 1.29 is 9.59 Å². The number of para-hydroxylation sites is 1. The highest BCUT2D eigenvalue weighted by atomic mass is 16.1. The average Bonchev–Trinajstić information content (AvgIpc) is 3.07. The van der Waals surface area contributed by atoms with Crippen LogP contribution < -0.4 is 4.90 Å². The van der Waals surface area contributed by atoms with E-state index in [0.717, 1.165) is 23.2 Å². The van der Waals surface area contributed by atoms with Crippen LogP contribution in [-0.2, 0) is 11.2 Å². The van der Waals surface area contributed by atoms with Crippen LogP contribution in [0.1, 0.15) is 15.9 Å². The summed E-state index contributed by atoms with van der Waals surface area (Å²) in [6, 6.07) is 15.1. The molecule has 1 atom stereocenters. The van der Waals surface area contributed by atoms with E-state index >= 15 is 0 Å². The summed E-state index contributed by atoms with van der Waals surface area (Å²) < 4.78 is 0. The molecule has 0 amide bonds. The second kappa shape index (κ2) is 6.26. The molecule has 2 aromatic rings. The fourth-order valence-corrected chi connectivity index (χ4v) is 3.36. The molecule has 0 radical (unpaired) electrons. The van der Waals surface area contributed by atoms with Gasteiger partial charge in [-0.2, -0.15) is 0 Å². The Hall–Kier alpha value is -3.38. The van der Waals surface area contributed by atoms with Crippen LogP contribution in [0, 0.1) is 0 Å². The number of fused-ring (bicyclic) bond motifs is 1. The van der Waals surface area contributed by atoms with Gasteiger partial charge in [0.2, 0.25) is 0 Å². The van der Waals surface area contributed by atoms with E-state index in [1.54, 1.807) is 24.3 Å². The van der Waals surface area contributed by atoms with Crippen molar-refractivity contribution in [1.29, 1.82) is 0 Å². The molecule has 1 heterocycles. The Morgan fingerprint density at radius 2 is 1.96 bits per heavy atom. The molecule has 120 valence electrons. The van der Waals surface area contributed by atoms with Crippen molar-refractivity contribution >= 4 is 23.4 Å². The Morgan fingerprint density at radius 3 is 2.68 bits per heavy atom. The summed E-state index contributed by atoms with van der Waals surface area (Å²) in [5, 5.41) is 0. The third kappa shape index (κ3) is 2.68. The van der Waals surface area contributed by atoms with Gasteiger partial charge in [0.05, 0.1) is 0 Å². The number of hydrogen-bond donors (Lipinski definition) is 0. The maximum Gasteiger partial charge on any atom is 0.186 e. The smallest absolute Gasteiger partial charge is 0.186 e. The van der Waals surface area contributed by atoms with Crippen LogP contribution in [0.5, 0.6) is 0 Å². The maximum absolute atomic E-state index is 13.1. The van der Waals surface area contributed by atoms with Crippen LogP contribution in [0.3, 0.4) is 0 Å². The van der Waals surface area contributed by atoms with Gasteiger partial charge in [-0.15, -0.1) is 0 Å². The molecular weight excluding hydrogens is 310 g/mol. The summed E-state index contributed by atoms with van der Waals surface area (Å²) in [6.07, 6.45) is 6.55. The molecule has 2 aromatic carbocycles. The van der Waals surface area contributed by atoms with Gasteiger partial charge in [0.15, 0.2) is 5.78 Å². The molecule has 0 saturated heterocycles. The van der Waals surface area contributed by atoms with Crippen LogP contribution in [0.2, 0.25) is 0 Å². The van der Waals surface area contributed by atoms with Gasteiger partial charge in [0.25, 0.3) is 0 Å². The Kier molecular flexibility index (Phi) is 3.80. The lowest BCUT2D eigenvalue weighted by atomic mass is 9.98. The van der Waals surface area contributed by atoms with Crippen molar-refractivity contribution in [2.45, 2.75) is 12.5 Å². The average molecular weight is 325 g/mol. The third-order valence-electron chi connectivity index (χ3n) is 4.50. The number of carbonyl (C=O) groups is 2. The molecule has 1 aliphatic carbocycles. The van der Waals surface area contributed by atoms with E-state index in [1.807, 2.05) is 42.5 Å². The molecule has 0 spiro atoms. The largest absolute Gasteiger partial charge is 0.330 e. The van der Waals surface area contributed by atoms with E-state index in [-0.39, 0.29) is 11.8 Å². The highest BCUT2D eigenvalue weighted by Gasteiger charge is 2.36. The van der Waals surface area contributed by atoms with Gasteiger partial charge in [-0.25, -0.2) is 0 Å². The number of aldehydes is 1.